The van der Waals surface area contributed by atoms with Gasteiger partial charge >= 0.3 is 0 Å². The molecule has 2 heterocycles. The van der Waals surface area contributed by atoms with Gasteiger partial charge < -0.3 is 16.0 Å². The average Bonchev–Trinajstić information content (AvgIpc) is 2.46. The van der Waals surface area contributed by atoms with Gasteiger partial charge in [0.15, 0.2) is 0 Å². The summed E-state index contributed by atoms with van der Waals surface area (Å²) < 4.78 is 0. The number of nitrogens with one attached hydrogen (secondary N) is 1. The van der Waals surface area contributed by atoms with E-state index < -0.39 is 5.91 Å². The Morgan fingerprint density at radius 1 is 1.58 bits per heavy atom. The van der Waals surface area contributed by atoms with E-state index >= 15 is 0 Å². The van der Waals surface area contributed by atoms with Gasteiger partial charge in [0.1, 0.15) is 5.82 Å². The van der Waals surface area contributed by atoms with Crippen LogP contribution in [0.2, 0.25) is 0 Å². The summed E-state index contributed by atoms with van der Waals surface area (Å²) in [6, 6.07) is 3.62. The summed E-state index contributed by atoms with van der Waals surface area (Å²) >= 11 is 0. The molecule has 0 aromatic carbocycles. The van der Waals surface area contributed by atoms with Gasteiger partial charge in [-0.3, -0.25) is 4.79 Å². The van der Waals surface area contributed by atoms with Crippen molar-refractivity contribution in [1.82, 2.24) is 10.3 Å². The fourth-order valence-corrected chi connectivity index (χ4v) is 2.49. The highest BCUT2D eigenvalue weighted by Gasteiger charge is 2.17. The number of anilines is 1. The lowest BCUT2D eigenvalue weighted by molar-refractivity contribution is 0.1000. The molecule has 1 fully saturated rings. The molecule has 0 bridgehead atoms. The third-order valence-electron chi connectivity index (χ3n) is 3.62. The Bertz CT molecular complexity index is 412. The minimum atomic E-state index is -0.432. The maximum Gasteiger partial charge on any atom is 0.250 e. The molecule has 1 saturated heterocycles. The minimum Gasteiger partial charge on any atom is -0.366 e. The van der Waals surface area contributed by atoms with Crippen molar-refractivity contribution in [2.24, 2.45) is 11.7 Å². The van der Waals surface area contributed by atoms with Gasteiger partial charge in [-0.25, -0.2) is 4.98 Å². The minimum absolute atomic E-state index is 0.432. The third-order valence-corrected chi connectivity index (χ3v) is 3.62. The van der Waals surface area contributed by atoms with Crippen LogP contribution in [0.5, 0.6) is 0 Å². The molecule has 0 aliphatic carbocycles. The van der Waals surface area contributed by atoms with Crippen molar-refractivity contribution in [3.63, 3.8) is 0 Å². The first-order valence-corrected chi connectivity index (χ1v) is 6.92. The van der Waals surface area contributed by atoms with E-state index in [1.165, 1.54) is 12.8 Å². The molecule has 19 heavy (non-hydrogen) atoms. The van der Waals surface area contributed by atoms with E-state index in [1.807, 2.05) is 6.07 Å². The van der Waals surface area contributed by atoms with Crippen molar-refractivity contribution in [1.29, 1.82) is 0 Å². The lowest BCUT2D eigenvalue weighted by Crippen LogP contribution is -2.38. The van der Waals surface area contributed by atoms with E-state index in [1.54, 1.807) is 12.3 Å². The first-order valence-electron chi connectivity index (χ1n) is 6.92. The van der Waals surface area contributed by atoms with Crippen molar-refractivity contribution in [3.05, 3.63) is 23.9 Å². The Labute approximate surface area is 114 Å². The summed E-state index contributed by atoms with van der Waals surface area (Å²) in [6.45, 7) is 6.26. The quantitative estimate of drug-likeness (QED) is 0.830. The normalized spacial score (nSPS) is 19.1. The zero-order valence-electron chi connectivity index (χ0n) is 11.4. The van der Waals surface area contributed by atoms with Gasteiger partial charge in [-0.15, -0.1) is 0 Å². The summed E-state index contributed by atoms with van der Waals surface area (Å²) in [7, 11) is 0. The molecular weight excluding hydrogens is 240 g/mol. The smallest absolute Gasteiger partial charge is 0.250 e. The fourth-order valence-electron chi connectivity index (χ4n) is 2.49. The molecule has 5 heteroatoms. The number of pyridine rings is 1. The monoisotopic (exact) mass is 262 g/mol. The molecule has 2 rings (SSSR count). The van der Waals surface area contributed by atoms with Crippen LogP contribution in [0.25, 0.3) is 0 Å². The Balaban J connectivity index is 2.01. The van der Waals surface area contributed by atoms with E-state index in [0.29, 0.717) is 11.5 Å². The van der Waals surface area contributed by atoms with Crippen molar-refractivity contribution in [2.45, 2.75) is 19.8 Å². The molecule has 1 atom stereocenters. The van der Waals surface area contributed by atoms with Crippen LogP contribution < -0.4 is 16.0 Å². The fraction of sp³-hybridized carbons (Fsp3) is 0.571. The van der Waals surface area contributed by atoms with Crippen LogP contribution in [0.4, 0.5) is 5.82 Å². The number of primary amides is 1. The Hall–Kier alpha value is -1.62. The highest BCUT2D eigenvalue weighted by molar-refractivity contribution is 5.92. The maximum absolute atomic E-state index is 11.0. The second-order valence-corrected chi connectivity index (χ2v) is 5.02. The summed E-state index contributed by atoms with van der Waals surface area (Å²) in [6.07, 6.45) is 4.07. The Morgan fingerprint density at radius 2 is 2.42 bits per heavy atom. The van der Waals surface area contributed by atoms with Crippen molar-refractivity contribution >= 4 is 11.7 Å². The number of nitrogens with zero attached hydrogens (tertiary/aromatic N) is 2. The molecular formula is C14H22N4O. The van der Waals surface area contributed by atoms with Crippen molar-refractivity contribution in [2.75, 3.05) is 31.1 Å². The lowest BCUT2D eigenvalue weighted by atomic mass is 9.99. The predicted molar refractivity (Wildman–Crippen MR) is 76.2 cm³/mol. The van der Waals surface area contributed by atoms with Gasteiger partial charge in [0.2, 0.25) is 5.91 Å². The number of aromatic nitrogens is 1. The van der Waals surface area contributed by atoms with Crippen LogP contribution >= 0.6 is 0 Å². The molecule has 1 aliphatic heterocycles. The molecule has 0 radical (unpaired) electrons. The third kappa shape index (κ3) is 3.67. The zero-order valence-corrected chi connectivity index (χ0v) is 11.4. The van der Waals surface area contributed by atoms with Gasteiger partial charge in [0.25, 0.3) is 0 Å². The van der Waals surface area contributed by atoms with Crippen LogP contribution in [0.3, 0.4) is 0 Å². The van der Waals surface area contributed by atoms with Crippen molar-refractivity contribution in [3.8, 4) is 0 Å². The standard InChI is InChI=1S/C14H22N4O/c1-2-18(10-11-4-3-7-16-8-11)13-6-5-12(9-17-13)14(15)19/h5-6,9,11,16H,2-4,7-8,10H2,1H3,(H2,15,19). The molecule has 0 saturated carbocycles. The highest BCUT2D eigenvalue weighted by Crippen LogP contribution is 2.17. The second kappa shape index (κ2) is 6.52. The van der Waals surface area contributed by atoms with E-state index in [4.69, 9.17) is 5.73 Å². The number of hydrogen-bond acceptors (Lipinski definition) is 4. The molecule has 3 N–H and O–H groups in total. The number of rotatable bonds is 5. The molecule has 1 aliphatic rings. The van der Waals surface area contributed by atoms with Gasteiger partial charge in [0.05, 0.1) is 5.56 Å². The van der Waals surface area contributed by atoms with E-state index in [-0.39, 0.29) is 0 Å². The SMILES string of the molecule is CCN(CC1CCCNC1)c1ccc(C(N)=O)cn1. The molecule has 5 nitrogen and oxygen atoms in total. The maximum atomic E-state index is 11.0. The summed E-state index contributed by atoms with van der Waals surface area (Å²) in [5, 5.41) is 3.43. The van der Waals surface area contributed by atoms with Gasteiger partial charge in [-0.2, -0.15) is 0 Å². The average molecular weight is 262 g/mol. The predicted octanol–water partition coefficient (Wildman–Crippen LogP) is 1.01. The number of carbonyl (C=O) groups is 1. The topological polar surface area (TPSA) is 71.2 Å². The first-order chi connectivity index (χ1) is 9.20. The lowest BCUT2D eigenvalue weighted by Gasteiger charge is -2.30. The van der Waals surface area contributed by atoms with Gasteiger partial charge in [-0.1, -0.05) is 0 Å². The van der Waals surface area contributed by atoms with Crippen molar-refractivity contribution < 1.29 is 4.79 Å². The zero-order chi connectivity index (χ0) is 13.7. The summed E-state index contributed by atoms with van der Waals surface area (Å²) in [5.74, 6) is 1.16. The van der Waals surface area contributed by atoms with Crippen LogP contribution in [0, 0.1) is 5.92 Å². The summed E-state index contributed by atoms with van der Waals surface area (Å²) in [4.78, 5) is 17.6. The number of carbonyl (C=O) groups excluding carboxylic acids is 1. The molecule has 1 unspecified atom stereocenters. The first kappa shape index (κ1) is 13.8. The molecule has 1 amide bonds. The number of amides is 1. The van der Waals surface area contributed by atoms with Crippen LogP contribution in [-0.4, -0.2) is 37.1 Å². The van der Waals surface area contributed by atoms with Crippen LogP contribution in [0.15, 0.2) is 18.3 Å². The van der Waals surface area contributed by atoms with Crippen LogP contribution in [-0.2, 0) is 0 Å². The second-order valence-electron chi connectivity index (χ2n) is 5.02. The Kier molecular flexibility index (Phi) is 4.74. The highest BCUT2D eigenvalue weighted by atomic mass is 16.1. The van der Waals surface area contributed by atoms with Gasteiger partial charge in [-0.05, 0) is 50.9 Å². The van der Waals surface area contributed by atoms with E-state index in [2.05, 4.69) is 22.1 Å². The Morgan fingerprint density at radius 3 is 2.95 bits per heavy atom. The summed E-state index contributed by atoms with van der Waals surface area (Å²) in [5.41, 5.74) is 5.68. The molecule has 104 valence electrons. The molecule has 0 spiro atoms. The van der Waals surface area contributed by atoms with E-state index in [0.717, 1.165) is 32.0 Å². The van der Waals surface area contributed by atoms with E-state index in [9.17, 15) is 4.79 Å². The van der Waals surface area contributed by atoms with Gasteiger partial charge in [0, 0.05) is 19.3 Å². The van der Waals surface area contributed by atoms with Crippen LogP contribution in [0.1, 0.15) is 30.1 Å². The molecule has 1 aromatic heterocycles. The largest absolute Gasteiger partial charge is 0.366 e. The number of nitrogens with two attached hydrogens (primary N) is 1. The molecule has 1 aromatic rings. The number of hydrogen-bond donors (Lipinski definition) is 2. The number of piperidine rings is 1.